The van der Waals surface area contributed by atoms with Crippen LogP contribution in [0.15, 0.2) is 305 Å². The van der Waals surface area contributed by atoms with E-state index in [0.29, 0.717) is 0 Å². The van der Waals surface area contributed by atoms with Crippen molar-refractivity contribution in [3.8, 4) is 0 Å². The number of hydrogen-bond donors (Lipinski definition) is 0. The largest absolute Gasteiger partial charge is 0.254 e. The monoisotopic (exact) mass is 903 g/mol. The summed E-state index contributed by atoms with van der Waals surface area (Å²) in [4.78, 5) is 0. The molecule has 0 heterocycles. The molecule has 10 aromatic carbocycles. The van der Waals surface area contributed by atoms with Crippen molar-refractivity contribution >= 4 is 86.0 Å². The molecule has 10 rings (SSSR count). The van der Waals surface area contributed by atoms with Crippen molar-refractivity contribution in [2.75, 3.05) is 0 Å². The maximum absolute atomic E-state index is 6.26. The highest BCUT2D eigenvalue weighted by atomic mass is 31.2. The SMILES string of the molecule is c1ccc(P(=Nc2ccc(N=P(c3ccccc3)(c3ccccc3)c3ccccc3)c(N=P(c3ccccc3)(c3ccccc3)c3ccccc3)c2)(c2ccccc2)c2ccccc2)cc1. The van der Waals surface area contributed by atoms with Gasteiger partial charge in [-0.25, -0.2) is 0 Å². The molecule has 0 aliphatic heterocycles. The molecule has 0 saturated heterocycles. The van der Waals surface area contributed by atoms with Crippen molar-refractivity contribution in [1.82, 2.24) is 0 Å². The molecule has 0 spiro atoms. The Balaban J connectivity index is 1.40. The smallest absolute Gasteiger partial charge is 0.0902 e. The highest BCUT2D eigenvalue weighted by Gasteiger charge is 2.32. The summed E-state index contributed by atoms with van der Waals surface area (Å²) >= 11 is 0. The van der Waals surface area contributed by atoms with Crippen LogP contribution in [0.3, 0.4) is 0 Å². The zero-order valence-corrected chi connectivity index (χ0v) is 39.1. The quantitative estimate of drug-likeness (QED) is 0.110. The van der Waals surface area contributed by atoms with Crippen molar-refractivity contribution in [2.45, 2.75) is 0 Å². The fourth-order valence-corrected chi connectivity index (χ4v) is 19.5. The van der Waals surface area contributed by atoms with Gasteiger partial charge in [0.25, 0.3) is 0 Å². The van der Waals surface area contributed by atoms with Crippen molar-refractivity contribution in [2.24, 2.45) is 14.2 Å². The van der Waals surface area contributed by atoms with Crippen LogP contribution in [0.1, 0.15) is 0 Å². The van der Waals surface area contributed by atoms with E-state index in [9.17, 15) is 0 Å². The van der Waals surface area contributed by atoms with Gasteiger partial charge >= 0.3 is 0 Å². The van der Waals surface area contributed by atoms with Crippen LogP contribution < -0.4 is 47.7 Å². The molecule has 0 aliphatic carbocycles. The maximum Gasteiger partial charge on any atom is 0.0902 e. The van der Waals surface area contributed by atoms with Gasteiger partial charge in [-0.2, -0.15) is 0 Å². The molecule has 66 heavy (non-hydrogen) atoms. The average molecular weight is 904 g/mol. The summed E-state index contributed by atoms with van der Waals surface area (Å²) in [5.74, 6) is 0. The fourth-order valence-electron chi connectivity index (χ4n) is 8.89. The van der Waals surface area contributed by atoms with Crippen LogP contribution in [0.4, 0.5) is 17.1 Å². The first-order valence-corrected chi connectivity index (χ1v) is 27.4. The van der Waals surface area contributed by atoms with Crippen LogP contribution in [0.5, 0.6) is 0 Å². The van der Waals surface area contributed by atoms with Gasteiger partial charge < -0.3 is 0 Å². The Morgan fingerprint density at radius 2 is 0.379 bits per heavy atom. The summed E-state index contributed by atoms with van der Waals surface area (Å²) in [7, 11) is -8.16. The lowest BCUT2D eigenvalue weighted by molar-refractivity contribution is 1.45. The van der Waals surface area contributed by atoms with Crippen molar-refractivity contribution in [3.63, 3.8) is 0 Å². The minimum atomic E-state index is -2.78. The molecule has 318 valence electrons. The third-order valence-corrected chi connectivity index (χ3v) is 22.9. The molecule has 0 bridgehead atoms. The molecule has 0 radical (unpaired) electrons. The Morgan fingerprint density at radius 1 is 0.182 bits per heavy atom. The molecule has 0 N–H and O–H groups in total. The zero-order chi connectivity index (χ0) is 44.5. The van der Waals surface area contributed by atoms with Crippen LogP contribution >= 0.6 is 21.2 Å². The van der Waals surface area contributed by atoms with Gasteiger partial charge in [-0.15, -0.1) is 0 Å². The van der Waals surface area contributed by atoms with Crippen LogP contribution in [0, 0.1) is 0 Å². The third-order valence-electron chi connectivity index (χ3n) is 11.9. The Hall–Kier alpha value is -7.11. The predicted octanol–water partition coefficient (Wildman–Crippen LogP) is 13.1. The highest BCUT2D eigenvalue weighted by molar-refractivity contribution is 7.88. The first-order chi connectivity index (χ1) is 32.7. The summed E-state index contributed by atoms with van der Waals surface area (Å²) < 4.78 is 18.5. The molecule has 0 amide bonds. The minimum absolute atomic E-state index is 0.792. The first kappa shape index (κ1) is 42.8. The van der Waals surface area contributed by atoms with Crippen LogP contribution in [0.25, 0.3) is 0 Å². The molecule has 0 unspecified atom stereocenters. The molecular weight excluding hydrogens is 856 g/mol. The van der Waals surface area contributed by atoms with Gasteiger partial charge in [-0.3, -0.25) is 14.2 Å². The molecular formula is C60H48N3P3. The van der Waals surface area contributed by atoms with E-state index in [0.717, 1.165) is 33.0 Å². The molecule has 0 atom stereocenters. The first-order valence-electron chi connectivity index (χ1n) is 22.2. The Labute approximate surface area is 389 Å². The molecule has 0 saturated carbocycles. The zero-order valence-electron chi connectivity index (χ0n) is 36.4. The fraction of sp³-hybridized carbons (Fsp3) is 0. The third kappa shape index (κ3) is 8.24. The molecule has 6 heteroatoms. The van der Waals surface area contributed by atoms with E-state index in [4.69, 9.17) is 14.2 Å². The van der Waals surface area contributed by atoms with E-state index in [-0.39, 0.29) is 0 Å². The summed E-state index contributed by atoms with van der Waals surface area (Å²) in [6.07, 6.45) is 0. The molecule has 3 nitrogen and oxygen atoms in total. The lowest BCUT2D eigenvalue weighted by Gasteiger charge is -2.29. The molecule has 0 aromatic heterocycles. The van der Waals surface area contributed by atoms with Gasteiger partial charge in [-0.05, 0) is 18.2 Å². The molecule has 10 aromatic rings. The molecule has 0 fully saturated rings. The van der Waals surface area contributed by atoms with Gasteiger partial charge in [0.2, 0.25) is 0 Å². The van der Waals surface area contributed by atoms with Gasteiger partial charge in [0.1, 0.15) is 0 Å². The van der Waals surface area contributed by atoms with Crippen molar-refractivity contribution < 1.29 is 0 Å². The van der Waals surface area contributed by atoms with Crippen LogP contribution in [0.2, 0.25) is 0 Å². The van der Waals surface area contributed by atoms with E-state index >= 15 is 0 Å². The van der Waals surface area contributed by atoms with Gasteiger partial charge in [0.05, 0.1) is 38.2 Å². The number of benzene rings is 10. The summed E-state index contributed by atoms with van der Waals surface area (Å²) in [6.45, 7) is 0. The maximum atomic E-state index is 6.26. The Kier molecular flexibility index (Phi) is 12.7. The van der Waals surface area contributed by atoms with E-state index < -0.39 is 21.2 Å². The minimum Gasteiger partial charge on any atom is -0.254 e. The van der Waals surface area contributed by atoms with Gasteiger partial charge in [0.15, 0.2) is 0 Å². The number of nitrogens with zero attached hydrogens (tertiary/aromatic N) is 3. The predicted molar refractivity (Wildman–Crippen MR) is 288 cm³/mol. The van der Waals surface area contributed by atoms with E-state index in [1.54, 1.807) is 0 Å². The standard InChI is InChI=1S/C60H48N3P3/c1-10-28-50(29-11-1)64(51-30-12-2-13-31-51,52-32-14-3-15-33-52)61-49-46-47-59(62-65(53-34-16-4-17-35-53,54-36-18-5-19-37-54)55-38-20-6-21-39-55)60(48-49)63-66(56-40-22-7-23-41-56,57-42-24-8-25-43-57)58-44-26-9-27-45-58/h1-48H. The lowest BCUT2D eigenvalue weighted by atomic mass is 10.2. The van der Waals surface area contributed by atoms with Crippen molar-refractivity contribution in [1.29, 1.82) is 0 Å². The normalized spacial score (nSPS) is 11.6. The summed E-state index contributed by atoms with van der Waals surface area (Å²) in [5.41, 5.74) is 2.45. The second-order valence-electron chi connectivity index (χ2n) is 15.9. The second kappa shape index (κ2) is 19.6. The Bertz CT molecular complexity index is 3020. The van der Waals surface area contributed by atoms with Gasteiger partial charge in [-0.1, -0.05) is 273 Å². The Morgan fingerprint density at radius 3 is 0.606 bits per heavy atom. The van der Waals surface area contributed by atoms with Crippen LogP contribution in [-0.2, 0) is 0 Å². The average Bonchev–Trinajstić information content (AvgIpc) is 3.41. The molecule has 0 aliphatic rings. The van der Waals surface area contributed by atoms with E-state index in [1.807, 2.05) is 0 Å². The van der Waals surface area contributed by atoms with Crippen LogP contribution in [-0.4, -0.2) is 0 Å². The van der Waals surface area contributed by atoms with Gasteiger partial charge in [0, 0.05) is 47.7 Å². The highest BCUT2D eigenvalue weighted by Crippen LogP contribution is 2.57. The number of rotatable bonds is 12. The summed E-state index contributed by atoms with van der Waals surface area (Å²) in [5, 5.41) is 10.5. The summed E-state index contributed by atoms with van der Waals surface area (Å²) in [6, 6.07) is 104. The van der Waals surface area contributed by atoms with Crippen molar-refractivity contribution in [3.05, 3.63) is 291 Å². The van der Waals surface area contributed by atoms with E-state index in [2.05, 4.69) is 291 Å². The number of hydrogen-bond acceptors (Lipinski definition) is 3. The lowest BCUT2D eigenvalue weighted by Crippen LogP contribution is -2.25. The topological polar surface area (TPSA) is 37.1 Å². The second-order valence-corrected chi connectivity index (χ2v) is 25.0. The van der Waals surface area contributed by atoms with E-state index in [1.165, 1.54) is 31.8 Å².